The summed E-state index contributed by atoms with van der Waals surface area (Å²) in [7, 11) is 0. The fourth-order valence-corrected chi connectivity index (χ4v) is 1.16. The van der Waals surface area contributed by atoms with Crippen LogP contribution in [-0.2, 0) is 4.79 Å². The fraction of sp³-hybridized carbons (Fsp3) is 0.500. The van der Waals surface area contributed by atoms with Gasteiger partial charge in [0.05, 0.1) is 22.6 Å². The summed E-state index contributed by atoms with van der Waals surface area (Å²) in [5, 5.41) is 9.35. The maximum atomic E-state index is 11.9. The number of nitrogens with zero attached hydrogens (tertiary/aromatic N) is 1. The summed E-state index contributed by atoms with van der Waals surface area (Å²) in [6.07, 6.45) is 3.40. The van der Waals surface area contributed by atoms with E-state index in [1.807, 2.05) is 6.92 Å². The van der Waals surface area contributed by atoms with Crippen molar-refractivity contribution in [3.63, 3.8) is 0 Å². The number of rotatable bonds is 4. The lowest BCUT2D eigenvalue weighted by molar-refractivity contribution is -0.126. The van der Waals surface area contributed by atoms with Gasteiger partial charge >= 0.3 is 0 Å². The highest BCUT2D eigenvalue weighted by Gasteiger charge is 2.31. The Kier molecular flexibility index (Phi) is 3.64. The molecule has 0 radical (unpaired) electrons. The Morgan fingerprint density at radius 2 is 2.31 bits per heavy atom. The highest BCUT2D eigenvalue weighted by molar-refractivity contribution is 7.80. The first-order valence-corrected chi connectivity index (χ1v) is 5.36. The van der Waals surface area contributed by atoms with Crippen LogP contribution in [0.1, 0.15) is 32.4 Å². The number of thiocarbonyl (C=S) groups is 1. The zero-order chi connectivity index (χ0) is 12.3. The molecule has 0 aliphatic rings. The number of amides is 1. The number of aromatic nitrogens is 2. The number of aromatic amines is 1. The van der Waals surface area contributed by atoms with Gasteiger partial charge in [-0.1, -0.05) is 12.2 Å². The Morgan fingerprint density at radius 3 is 2.75 bits per heavy atom. The maximum absolute atomic E-state index is 11.9. The topological polar surface area (TPSA) is 83.8 Å². The number of carbonyl (C=O) groups excluding carboxylic acids is 1. The van der Waals surface area contributed by atoms with Crippen molar-refractivity contribution in [2.45, 2.75) is 26.8 Å². The zero-order valence-corrected chi connectivity index (χ0v) is 10.4. The van der Waals surface area contributed by atoms with E-state index in [2.05, 4.69) is 15.5 Å². The van der Waals surface area contributed by atoms with Crippen LogP contribution in [0.3, 0.4) is 0 Å². The van der Waals surface area contributed by atoms with Crippen molar-refractivity contribution < 1.29 is 4.79 Å². The largest absolute Gasteiger partial charge is 0.392 e. The minimum absolute atomic E-state index is 0.125. The molecule has 1 atom stereocenters. The lowest BCUT2D eigenvalue weighted by atomic mass is 9.92. The molecule has 1 unspecified atom stereocenters. The van der Waals surface area contributed by atoms with Crippen LogP contribution in [0.15, 0.2) is 12.4 Å². The number of carbonyl (C=O) groups is 1. The molecule has 4 N–H and O–H groups in total. The molecule has 0 saturated carbocycles. The van der Waals surface area contributed by atoms with E-state index in [0.29, 0.717) is 0 Å². The summed E-state index contributed by atoms with van der Waals surface area (Å²) in [6, 6.07) is -0.125. The van der Waals surface area contributed by atoms with E-state index in [9.17, 15) is 4.79 Å². The summed E-state index contributed by atoms with van der Waals surface area (Å²) in [5.74, 6) is -0.186. The minimum atomic E-state index is -0.840. The third-order valence-corrected chi connectivity index (χ3v) is 3.06. The second-order valence-electron chi connectivity index (χ2n) is 4.22. The van der Waals surface area contributed by atoms with Crippen LogP contribution in [0.5, 0.6) is 0 Å². The van der Waals surface area contributed by atoms with E-state index >= 15 is 0 Å². The van der Waals surface area contributed by atoms with Gasteiger partial charge in [0.25, 0.3) is 0 Å². The second kappa shape index (κ2) is 4.61. The van der Waals surface area contributed by atoms with Crippen LogP contribution in [0.2, 0.25) is 0 Å². The molecule has 0 spiro atoms. The average molecular weight is 240 g/mol. The van der Waals surface area contributed by atoms with Crippen LogP contribution in [0.4, 0.5) is 0 Å². The highest BCUT2D eigenvalue weighted by Crippen LogP contribution is 2.18. The average Bonchev–Trinajstić information content (AvgIpc) is 2.69. The fourth-order valence-electron chi connectivity index (χ4n) is 1.07. The molecule has 5 nitrogen and oxygen atoms in total. The van der Waals surface area contributed by atoms with Crippen molar-refractivity contribution >= 4 is 23.1 Å². The predicted molar refractivity (Wildman–Crippen MR) is 65.7 cm³/mol. The van der Waals surface area contributed by atoms with Crippen molar-refractivity contribution in [3.8, 4) is 0 Å². The highest BCUT2D eigenvalue weighted by atomic mass is 32.1. The van der Waals surface area contributed by atoms with Gasteiger partial charge in [-0.05, 0) is 20.8 Å². The first-order chi connectivity index (χ1) is 7.35. The van der Waals surface area contributed by atoms with Crippen molar-refractivity contribution in [1.29, 1.82) is 0 Å². The van der Waals surface area contributed by atoms with Gasteiger partial charge in [-0.3, -0.25) is 9.89 Å². The second-order valence-corrected chi connectivity index (χ2v) is 4.66. The summed E-state index contributed by atoms with van der Waals surface area (Å²) >= 11 is 4.86. The number of nitrogens with one attached hydrogen (secondary N) is 2. The molecule has 0 aromatic carbocycles. The van der Waals surface area contributed by atoms with Gasteiger partial charge in [0, 0.05) is 11.8 Å². The first-order valence-electron chi connectivity index (χ1n) is 4.95. The van der Waals surface area contributed by atoms with Gasteiger partial charge in [-0.25, -0.2) is 0 Å². The molecule has 1 heterocycles. The molecule has 16 heavy (non-hydrogen) atoms. The van der Waals surface area contributed by atoms with Crippen LogP contribution >= 0.6 is 12.2 Å². The molecule has 0 bridgehead atoms. The third kappa shape index (κ3) is 2.57. The minimum Gasteiger partial charge on any atom is -0.392 e. The van der Waals surface area contributed by atoms with Gasteiger partial charge in [0.2, 0.25) is 5.91 Å². The van der Waals surface area contributed by atoms with Crippen LogP contribution < -0.4 is 11.1 Å². The molecule has 1 amide bonds. The molecule has 88 valence electrons. The van der Waals surface area contributed by atoms with Crippen LogP contribution in [0.25, 0.3) is 0 Å². The molecule has 0 fully saturated rings. The molecular weight excluding hydrogens is 224 g/mol. The summed E-state index contributed by atoms with van der Waals surface area (Å²) < 4.78 is 0. The van der Waals surface area contributed by atoms with Crippen LogP contribution in [0, 0.1) is 5.41 Å². The summed E-state index contributed by atoms with van der Waals surface area (Å²) in [4.78, 5) is 12.1. The molecule has 1 rings (SSSR count). The van der Waals surface area contributed by atoms with E-state index in [4.69, 9.17) is 18.0 Å². The lowest BCUT2D eigenvalue weighted by Crippen LogP contribution is -2.45. The number of nitrogens with two attached hydrogens (primary N) is 1. The van der Waals surface area contributed by atoms with E-state index in [-0.39, 0.29) is 16.9 Å². The number of hydrogen-bond donors (Lipinski definition) is 3. The Hall–Kier alpha value is -1.43. The quantitative estimate of drug-likeness (QED) is 0.683. The Morgan fingerprint density at radius 1 is 1.69 bits per heavy atom. The van der Waals surface area contributed by atoms with Gasteiger partial charge in [0.15, 0.2) is 0 Å². The van der Waals surface area contributed by atoms with E-state index in [0.717, 1.165) is 5.56 Å². The summed E-state index contributed by atoms with van der Waals surface area (Å²) in [6.45, 7) is 5.28. The van der Waals surface area contributed by atoms with Gasteiger partial charge in [-0.2, -0.15) is 5.10 Å². The van der Waals surface area contributed by atoms with Crippen molar-refractivity contribution in [2.75, 3.05) is 0 Å². The maximum Gasteiger partial charge on any atom is 0.232 e. The number of H-pyrrole nitrogens is 1. The first kappa shape index (κ1) is 12.6. The van der Waals surface area contributed by atoms with Crippen molar-refractivity contribution in [1.82, 2.24) is 15.5 Å². The molecule has 0 saturated heterocycles. The zero-order valence-electron chi connectivity index (χ0n) is 9.57. The molecular formula is C10H16N4OS. The monoisotopic (exact) mass is 240 g/mol. The molecule has 1 aromatic heterocycles. The standard InChI is InChI=1S/C10H16N4OS/c1-6(7-4-12-13-5-7)14-9(15)10(2,3)8(11)16/h4-6H,1-3H3,(H2,11,16)(H,12,13)(H,14,15). The van der Waals surface area contributed by atoms with E-state index in [1.54, 1.807) is 26.2 Å². The van der Waals surface area contributed by atoms with Crippen molar-refractivity contribution in [3.05, 3.63) is 18.0 Å². The SMILES string of the molecule is CC(NC(=O)C(C)(C)C(N)=S)c1cn[nH]c1. The third-order valence-electron chi connectivity index (χ3n) is 2.55. The number of hydrogen-bond acceptors (Lipinski definition) is 3. The van der Waals surface area contributed by atoms with E-state index < -0.39 is 5.41 Å². The van der Waals surface area contributed by atoms with Gasteiger partial charge in [0.1, 0.15) is 0 Å². The molecule has 0 aliphatic carbocycles. The molecule has 0 aliphatic heterocycles. The molecule has 1 aromatic rings. The normalized spacial score (nSPS) is 13.2. The van der Waals surface area contributed by atoms with Gasteiger partial charge in [-0.15, -0.1) is 0 Å². The summed E-state index contributed by atoms with van der Waals surface area (Å²) in [5.41, 5.74) is 5.59. The van der Waals surface area contributed by atoms with Crippen LogP contribution in [-0.4, -0.2) is 21.1 Å². The Bertz CT molecular complexity index is 386. The Labute approximate surface area is 99.8 Å². The van der Waals surface area contributed by atoms with E-state index in [1.165, 1.54) is 0 Å². The molecule has 6 heteroatoms. The van der Waals surface area contributed by atoms with Crippen molar-refractivity contribution in [2.24, 2.45) is 11.1 Å². The smallest absolute Gasteiger partial charge is 0.232 e. The Balaban J connectivity index is 2.69. The van der Waals surface area contributed by atoms with Gasteiger partial charge < -0.3 is 11.1 Å². The lowest BCUT2D eigenvalue weighted by Gasteiger charge is -2.24. The predicted octanol–water partition coefficient (Wildman–Crippen LogP) is 0.899.